The second-order valence-electron chi connectivity index (χ2n) is 3.96. The topological polar surface area (TPSA) is 17.8 Å². The Labute approximate surface area is 83.9 Å². The molecule has 0 fully saturated rings. The Balaban J connectivity index is 2.70. The van der Waals surface area contributed by atoms with Gasteiger partial charge in [-0.3, -0.25) is 0 Å². The van der Waals surface area contributed by atoms with E-state index in [-0.39, 0.29) is 5.54 Å². The predicted octanol–water partition coefficient (Wildman–Crippen LogP) is 2.96. The largest absolute Gasteiger partial charge is 0.321 e. The first-order valence-electron chi connectivity index (χ1n) is 4.71. The molecule has 0 N–H and O–H groups in total. The first-order chi connectivity index (χ1) is 6.65. The van der Waals surface area contributed by atoms with Crippen molar-refractivity contribution in [1.82, 2.24) is 9.55 Å². The van der Waals surface area contributed by atoms with Crippen molar-refractivity contribution in [2.24, 2.45) is 0 Å². The second kappa shape index (κ2) is 2.98. The van der Waals surface area contributed by atoms with Crippen LogP contribution in [0.4, 0.5) is 0 Å². The molecular formula is C12H14N2. The predicted molar refractivity (Wildman–Crippen MR) is 59.3 cm³/mol. The fourth-order valence-corrected chi connectivity index (χ4v) is 1.52. The maximum absolute atomic E-state index is 4.35. The first-order valence-corrected chi connectivity index (χ1v) is 4.71. The first kappa shape index (κ1) is 9.00. The lowest BCUT2D eigenvalue weighted by atomic mass is 10.1. The Morgan fingerprint density at radius 3 is 2.79 bits per heavy atom. The molecule has 0 bridgehead atoms. The number of aromatic nitrogens is 2. The van der Waals surface area contributed by atoms with Crippen LogP contribution in [0.15, 0.2) is 43.2 Å². The SMILES string of the molecule is C=CC(C)(C)n1cnc2ccccc21. The molecule has 0 saturated carbocycles. The molecule has 2 heteroatoms. The number of fused-ring (bicyclic) bond motifs is 1. The van der Waals surface area contributed by atoms with Crippen LogP contribution in [0.1, 0.15) is 13.8 Å². The lowest BCUT2D eigenvalue weighted by Gasteiger charge is -2.22. The summed E-state index contributed by atoms with van der Waals surface area (Å²) in [5.74, 6) is 0. The van der Waals surface area contributed by atoms with E-state index in [2.05, 4.69) is 36.0 Å². The molecule has 1 aromatic carbocycles. The summed E-state index contributed by atoms with van der Waals surface area (Å²) in [5.41, 5.74) is 2.09. The molecule has 0 aliphatic rings. The van der Waals surface area contributed by atoms with Crippen molar-refractivity contribution in [3.63, 3.8) is 0 Å². The Morgan fingerprint density at radius 1 is 1.36 bits per heavy atom. The van der Waals surface area contributed by atoms with E-state index in [1.807, 2.05) is 30.6 Å². The summed E-state index contributed by atoms with van der Waals surface area (Å²) in [4.78, 5) is 4.35. The van der Waals surface area contributed by atoms with Gasteiger partial charge in [0.25, 0.3) is 0 Å². The van der Waals surface area contributed by atoms with Crippen LogP contribution in [0.5, 0.6) is 0 Å². The molecule has 0 aliphatic heterocycles. The minimum Gasteiger partial charge on any atom is -0.321 e. The zero-order valence-corrected chi connectivity index (χ0v) is 8.57. The molecular weight excluding hydrogens is 172 g/mol. The van der Waals surface area contributed by atoms with E-state index in [0.29, 0.717) is 0 Å². The molecule has 0 radical (unpaired) electrons. The van der Waals surface area contributed by atoms with Crippen LogP contribution >= 0.6 is 0 Å². The third-order valence-corrected chi connectivity index (χ3v) is 2.57. The molecule has 1 aromatic heterocycles. The number of benzene rings is 1. The third kappa shape index (κ3) is 1.23. The number of allylic oxidation sites excluding steroid dienone is 1. The van der Waals surface area contributed by atoms with Crippen molar-refractivity contribution < 1.29 is 0 Å². The molecule has 0 unspecified atom stereocenters. The minimum absolute atomic E-state index is 0.0872. The van der Waals surface area contributed by atoms with Gasteiger partial charge in [0, 0.05) is 0 Å². The molecule has 1 heterocycles. The van der Waals surface area contributed by atoms with Gasteiger partial charge in [0.15, 0.2) is 0 Å². The number of nitrogens with zero attached hydrogens (tertiary/aromatic N) is 2. The van der Waals surface area contributed by atoms with Crippen molar-refractivity contribution in [2.75, 3.05) is 0 Å². The van der Waals surface area contributed by atoms with Gasteiger partial charge in [-0.25, -0.2) is 4.98 Å². The molecule has 0 spiro atoms. The van der Waals surface area contributed by atoms with Gasteiger partial charge in [0.05, 0.1) is 22.9 Å². The lowest BCUT2D eigenvalue weighted by molar-refractivity contribution is 0.469. The highest BCUT2D eigenvalue weighted by Crippen LogP contribution is 2.22. The van der Waals surface area contributed by atoms with E-state index < -0.39 is 0 Å². The van der Waals surface area contributed by atoms with Gasteiger partial charge in [-0.15, -0.1) is 6.58 Å². The zero-order valence-electron chi connectivity index (χ0n) is 8.57. The Bertz CT molecular complexity index is 466. The summed E-state index contributed by atoms with van der Waals surface area (Å²) in [6, 6.07) is 8.12. The second-order valence-corrected chi connectivity index (χ2v) is 3.96. The molecule has 0 atom stereocenters. The van der Waals surface area contributed by atoms with Crippen molar-refractivity contribution in [3.05, 3.63) is 43.2 Å². The summed E-state index contributed by atoms with van der Waals surface area (Å²) in [5, 5.41) is 0. The number of rotatable bonds is 2. The van der Waals surface area contributed by atoms with Gasteiger partial charge < -0.3 is 4.57 Å². The van der Waals surface area contributed by atoms with Gasteiger partial charge in [0.1, 0.15) is 0 Å². The van der Waals surface area contributed by atoms with Gasteiger partial charge >= 0.3 is 0 Å². The average molecular weight is 186 g/mol. The highest BCUT2D eigenvalue weighted by molar-refractivity contribution is 5.75. The average Bonchev–Trinajstić information content (AvgIpc) is 2.61. The van der Waals surface area contributed by atoms with E-state index in [1.165, 1.54) is 0 Å². The molecule has 2 nitrogen and oxygen atoms in total. The van der Waals surface area contributed by atoms with Crippen LogP contribution < -0.4 is 0 Å². The molecule has 14 heavy (non-hydrogen) atoms. The Morgan fingerprint density at radius 2 is 2.07 bits per heavy atom. The molecule has 72 valence electrons. The van der Waals surface area contributed by atoms with Gasteiger partial charge in [-0.2, -0.15) is 0 Å². The smallest absolute Gasteiger partial charge is 0.0965 e. The van der Waals surface area contributed by atoms with Gasteiger partial charge in [-0.1, -0.05) is 18.2 Å². The summed E-state index contributed by atoms with van der Waals surface area (Å²) in [6.07, 6.45) is 3.80. The molecule has 0 amide bonds. The van der Waals surface area contributed by atoms with Crippen LogP contribution in [0, 0.1) is 0 Å². The van der Waals surface area contributed by atoms with Crippen LogP contribution in [0.2, 0.25) is 0 Å². The van der Waals surface area contributed by atoms with Crippen molar-refractivity contribution in [1.29, 1.82) is 0 Å². The van der Waals surface area contributed by atoms with E-state index in [1.54, 1.807) is 0 Å². The van der Waals surface area contributed by atoms with E-state index in [4.69, 9.17) is 0 Å². The minimum atomic E-state index is -0.0872. The summed E-state index contributed by atoms with van der Waals surface area (Å²) < 4.78 is 2.13. The van der Waals surface area contributed by atoms with Crippen LogP contribution in [0.3, 0.4) is 0 Å². The van der Waals surface area contributed by atoms with Crippen LogP contribution in [-0.2, 0) is 5.54 Å². The fraction of sp³-hybridized carbons (Fsp3) is 0.250. The summed E-state index contributed by atoms with van der Waals surface area (Å²) >= 11 is 0. The van der Waals surface area contributed by atoms with E-state index >= 15 is 0 Å². The molecule has 2 aromatic rings. The third-order valence-electron chi connectivity index (χ3n) is 2.57. The van der Waals surface area contributed by atoms with Crippen molar-refractivity contribution in [2.45, 2.75) is 19.4 Å². The summed E-state index contributed by atoms with van der Waals surface area (Å²) in [6.45, 7) is 8.08. The number of imidazole rings is 1. The molecule has 0 aliphatic carbocycles. The Kier molecular flexibility index (Phi) is 1.92. The zero-order chi connectivity index (χ0) is 10.2. The monoisotopic (exact) mass is 186 g/mol. The highest BCUT2D eigenvalue weighted by Gasteiger charge is 2.17. The van der Waals surface area contributed by atoms with Crippen molar-refractivity contribution >= 4 is 11.0 Å². The highest BCUT2D eigenvalue weighted by atomic mass is 15.1. The number of hydrogen-bond acceptors (Lipinski definition) is 1. The normalized spacial score (nSPS) is 11.9. The van der Waals surface area contributed by atoms with Crippen LogP contribution in [0.25, 0.3) is 11.0 Å². The number of para-hydroxylation sites is 2. The van der Waals surface area contributed by atoms with Gasteiger partial charge in [-0.05, 0) is 26.0 Å². The molecule has 0 saturated heterocycles. The van der Waals surface area contributed by atoms with E-state index in [9.17, 15) is 0 Å². The van der Waals surface area contributed by atoms with Crippen molar-refractivity contribution in [3.8, 4) is 0 Å². The van der Waals surface area contributed by atoms with Crippen LogP contribution in [-0.4, -0.2) is 9.55 Å². The maximum Gasteiger partial charge on any atom is 0.0965 e. The fourth-order valence-electron chi connectivity index (χ4n) is 1.52. The summed E-state index contributed by atoms with van der Waals surface area (Å²) in [7, 11) is 0. The van der Waals surface area contributed by atoms with Gasteiger partial charge in [0.2, 0.25) is 0 Å². The van der Waals surface area contributed by atoms with E-state index in [0.717, 1.165) is 11.0 Å². The standard InChI is InChI=1S/C12H14N2/c1-4-12(2,3)14-9-13-10-7-5-6-8-11(10)14/h4-9H,1H2,2-3H3. The Hall–Kier alpha value is -1.57. The molecule has 2 rings (SSSR count). The quantitative estimate of drug-likeness (QED) is 0.659. The lowest BCUT2D eigenvalue weighted by Crippen LogP contribution is -2.21. The maximum atomic E-state index is 4.35. The number of hydrogen-bond donors (Lipinski definition) is 0.